The zero-order valence-corrected chi connectivity index (χ0v) is 14.4. The predicted molar refractivity (Wildman–Crippen MR) is 94.0 cm³/mol. The van der Waals surface area contributed by atoms with Crippen LogP contribution < -0.4 is 5.32 Å². The van der Waals surface area contributed by atoms with Crippen molar-refractivity contribution in [2.75, 3.05) is 0 Å². The number of benzene rings is 2. The summed E-state index contributed by atoms with van der Waals surface area (Å²) in [6, 6.07) is 16.7. The molecule has 0 saturated carbocycles. The van der Waals surface area contributed by atoms with E-state index in [-0.39, 0.29) is 5.54 Å². The van der Waals surface area contributed by atoms with E-state index >= 15 is 0 Å². The summed E-state index contributed by atoms with van der Waals surface area (Å²) in [4.78, 5) is 1.25. The van der Waals surface area contributed by atoms with Crippen molar-refractivity contribution in [1.29, 1.82) is 0 Å². The van der Waals surface area contributed by atoms with E-state index in [1.54, 1.807) is 0 Å². The van der Waals surface area contributed by atoms with Gasteiger partial charge in [-0.3, -0.25) is 0 Å². The van der Waals surface area contributed by atoms with Gasteiger partial charge in [-0.15, -0.1) is 11.8 Å². The molecule has 0 aliphatic heterocycles. The first-order chi connectivity index (χ1) is 9.96. The summed E-state index contributed by atoms with van der Waals surface area (Å²) >= 11 is 8.23. The lowest BCUT2D eigenvalue weighted by Gasteiger charge is -2.22. The Labute approximate surface area is 137 Å². The molecule has 0 aliphatic carbocycles. The fraction of sp³-hybridized carbons (Fsp3) is 0.333. The van der Waals surface area contributed by atoms with Crippen LogP contribution in [0.4, 0.5) is 0 Å². The van der Waals surface area contributed by atoms with Gasteiger partial charge in [-0.25, -0.2) is 0 Å². The summed E-state index contributed by atoms with van der Waals surface area (Å²) in [6.07, 6.45) is 0. The third-order valence-electron chi connectivity index (χ3n) is 3.11. The zero-order valence-electron chi connectivity index (χ0n) is 12.8. The minimum atomic E-state index is 0.0839. The Morgan fingerprint density at radius 1 is 1.00 bits per heavy atom. The second-order valence-electron chi connectivity index (χ2n) is 6.09. The smallest absolute Gasteiger partial charge is 0.0462 e. The maximum atomic E-state index is 6.39. The SMILES string of the molecule is CC(C)(C)NCc1c(Cl)cccc1SCc1ccccc1. The van der Waals surface area contributed by atoms with Gasteiger partial charge in [0, 0.05) is 27.8 Å². The van der Waals surface area contributed by atoms with Gasteiger partial charge in [0.2, 0.25) is 0 Å². The molecule has 3 heteroatoms. The van der Waals surface area contributed by atoms with Gasteiger partial charge >= 0.3 is 0 Å². The molecule has 0 aliphatic rings. The number of hydrogen-bond donors (Lipinski definition) is 1. The third kappa shape index (κ3) is 5.39. The Morgan fingerprint density at radius 2 is 1.71 bits per heavy atom. The highest BCUT2D eigenvalue weighted by Crippen LogP contribution is 2.31. The van der Waals surface area contributed by atoms with Crippen LogP contribution in [0.25, 0.3) is 0 Å². The number of halogens is 1. The first-order valence-electron chi connectivity index (χ1n) is 7.15. The lowest BCUT2D eigenvalue weighted by atomic mass is 10.1. The van der Waals surface area contributed by atoms with E-state index in [2.05, 4.69) is 56.4 Å². The van der Waals surface area contributed by atoms with Crippen LogP contribution >= 0.6 is 23.4 Å². The Balaban J connectivity index is 2.10. The molecule has 0 saturated heterocycles. The zero-order chi connectivity index (χ0) is 15.3. The quantitative estimate of drug-likeness (QED) is 0.728. The lowest BCUT2D eigenvalue weighted by Crippen LogP contribution is -2.35. The van der Waals surface area contributed by atoms with Crippen molar-refractivity contribution in [3.63, 3.8) is 0 Å². The molecule has 0 amide bonds. The molecule has 0 atom stereocenters. The normalized spacial score (nSPS) is 11.6. The molecule has 2 aromatic carbocycles. The van der Waals surface area contributed by atoms with Gasteiger partial charge in [-0.1, -0.05) is 48.0 Å². The summed E-state index contributed by atoms with van der Waals surface area (Å²) in [5, 5.41) is 4.36. The van der Waals surface area contributed by atoms with E-state index in [1.165, 1.54) is 16.0 Å². The number of hydrogen-bond acceptors (Lipinski definition) is 2. The summed E-state index contributed by atoms with van der Waals surface area (Å²) < 4.78 is 0. The standard InChI is InChI=1S/C18H22ClNS/c1-18(2,3)20-12-15-16(19)10-7-11-17(15)21-13-14-8-5-4-6-9-14/h4-11,20H,12-13H2,1-3H3. The van der Waals surface area contributed by atoms with Gasteiger partial charge in [-0.2, -0.15) is 0 Å². The number of nitrogens with one attached hydrogen (secondary N) is 1. The highest BCUT2D eigenvalue weighted by Gasteiger charge is 2.13. The summed E-state index contributed by atoms with van der Waals surface area (Å²) in [6.45, 7) is 7.29. The summed E-state index contributed by atoms with van der Waals surface area (Å²) in [5.74, 6) is 0.962. The van der Waals surface area contributed by atoms with Crippen LogP contribution in [0.15, 0.2) is 53.4 Å². The summed E-state index contributed by atoms with van der Waals surface area (Å²) in [5.41, 5.74) is 2.60. The second kappa shape index (κ2) is 7.35. The molecule has 0 radical (unpaired) electrons. The Morgan fingerprint density at radius 3 is 2.38 bits per heavy atom. The third-order valence-corrected chi connectivity index (χ3v) is 4.63. The average molecular weight is 320 g/mol. The second-order valence-corrected chi connectivity index (χ2v) is 7.52. The van der Waals surface area contributed by atoms with Gasteiger partial charge in [0.05, 0.1) is 0 Å². The molecule has 21 heavy (non-hydrogen) atoms. The lowest BCUT2D eigenvalue weighted by molar-refractivity contribution is 0.422. The maximum absolute atomic E-state index is 6.39. The minimum Gasteiger partial charge on any atom is -0.308 e. The van der Waals surface area contributed by atoms with Gasteiger partial charge in [0.25, 0.3) is 0 Å². The molecule has 0 aromatic heterocycles. The van der Waals surface area contributed by atoms with Crippen molar-refractivity contribution in [1.82, 2.24) is 5.32 Å². The highest BCUT2D eigenvalue weighted by molar-refractivity contribution is 7.98. The van der Waals surface area contributed by atoms with E-state index in [4.69, 9.17) is 11.6 Å². The average Bonchev–Trinajstić information content (AvgIpc) is 2.44. The van der Waals surface area contributed by atoms with E-state index < -0.39 is 0 Å². The van der Waals surface area contributed by atoms with Gasteiger partial charge in [-0.05, 0) is 44.0 Å². The molecule has 2 rings (SSSR count). The Hall–Kier alpha value is -0.960. The minimum absolute atomic E-state index is 0.0839. The van der Waals surface area contributed by atoms with E-state index in [0.717, 1.165) is 17.3 Å². The maximum Gasteiger partial charge on any atom is 0.0462 e. The molecule has 0 spiro atoms. The van der Waals surface area contributed by atoms with E-state index in [9.17, 15) is 0 Å². The van der Waals surface area contributed by atoms with Crippen molar-refractivity contribution in [3.05, 3.63) is 64.7 Å². The van der Waals surface area contributed by atoms with Crippen molar-refractivity contribution < 1.29 is 0 Å². The van der Waals surface area contributed by atoms with Crippen LogP contribution in [0.3, 0.4) is 0 Å². The molecule has 0 heterocycles. The molecular formula is C18H22ClNS. The first-order valence-corrected chi connectivity index (χ1v) is 8.51. The van der Waals surface area contributed by atoms with E-state index in [0.29, 0.717) is 0 Å². The molecule has 0 fully saturated rings. The van der Waals surface area contributed by atoms with Crippen LogP contribution in [0.5, 0.6) is 0 Å². The predicted octanol–water partition coefficient (Wildman–Crippen LogP) is 5.52. The van der Waals surface area contributed by atoms with Crippen LogP contribution in [0.1, 0.15) is 31.9 Å². The van der Waals surface area contributed by atoms with Crippen molar-refractivity contribution >= 4 is 23.4 Å². The summed E-state index contributed by atoms with van der Waals surface area (Å²) in [7, 11) is 0. The van der Waals surface area contributed by atoms with Crippen LogP contribution in [0, 0.1) is 0 Å². The molecule has 2 aromatic rings. The number of rotatable bonds is 5. The van der Waals surface area contributed by atoms with Crippen molar-refractivity contribution in [3.8, 4) is 0 Å². The van der Waals surface area contributed by atoms with Gasteiger partial charge < -0.3 is 5.32 Å². The largest absolute Gasteiger partial charge is 0.308 e. The molecule has 0 bridgehead atoms. The number of thioether (sulfide) groups is 1. The van der Waals surface area contributed by atoms with Gasteiger partial charge in [0.15, 0.2) is 0 Å². The van der Waals surface area contributed by atoms with Gasteiger partial charge in [0.1, 0.15) is 0 Å². The molecule has 112 valence electrons. The van der Waals surface area contributed by atoms with E-state index in [1.807, 2.05) is 30.0 Å². The molecular weight excluding hydrogens is 298 g/mol. The molecule has 1 N–H and O–H groups in total. The van der Waals surface area contributed by atoms with Crippen LogP contribution in [-0.4, -0.2) is 5.54 Å². The first kappa shape index (κ1) is 16.4. The Kier molecular flexibility index (Phi) is 5.74. The fourth-order valence-corrected chi connectivity index (χ4v) is 3.28. The highest BCUT2D eigenvalue weighted by atomic mass is 35.5. The van der Waals surface area contributed by atoms with Crippen molar-refractivity contribution in [2.24, 2.45) is 0 Å². The monoisotopic (exact) mass is 319 g/mol. The van der Waals surface area contributed by atoms with Crippen molar-refractivity contribution in [2.45, 2.75) is 43.5 Å². The topological polar surface area (TPSA) is 12.0 Å². The fourth-order valence-electron chi connectivity index (χ4n) is 1.93. The molecule has 0 unspecified atom stereocenters. The van der Waals surface area contributed by atoms with Crippen LogP contribution in [-0.2, 0) is 12.3 Å². The molecule has 1 nitrogen and oxygen atoms in total. The van der Waals surface area contributed by atoms with Crippen LogP contribution in [0.2, 0.25) is 5.02 Å². The Bertz CT molecular complexity index is 576.